The lowest BCUT2D eigenvalue weighted by Gasteiger charge is -2.34. The molecule has 2 aliphatic rings. The molecule has 0 unspecified atom stereocenters. The monoisotopic (exact) mass is 413 g/mol. The third kappa shape index (κ3) is 3.87. The maximum atomic E-state index is 12.9. The number of hydrogen-bond donors (Lipinski definition) is 2. The molecule has 0 atom stereocenters. The maximum absolute atomic E-state index is 12.9. The second kappa shape index (κ2) is 7.90. The Bertz CT molecular complexity index is 921. The van der Waals surface area contributed by atoms with Gasteiger partial charge < -0.3 is 5.32 Å². The van der Waals surface area contributed by atoms with Crippen LogP contribution in [0.2, 0.25) is 0 Å². The van der Waals surface area contributed by atoms with Gasteiger partial charge in [-0.2, -0.15) is 9.36 Å². The third-order valence-corrected chi connectivity index (χ3v) is 6.42. The van der Waals surface area contributed by atoms with Gasteiger partial charge in [0.25, 0.3) is 5.91 Å². The zero-order valence-electron chi connectivity index (χ0n) is 16.2. The molecular formula is C20H23N5O3S. The van der Waals surface area contributed by atoms with Crippen LogP contribution in [0.3, 0.4) is 0 Å². The van der Waals surface area contributed by atoms with Gasteiger partial charge in [-0.05, 0) is 31.6 Å². The zero-order chi connectivity index (χ0) is 20.4. The van der Waals surface area contributed by atoms with Crippen LogP contribution in [0, 0.1) is 5.92 Å². The van der Waals surface area contributed by atoms with Crippen LogP contribution in [0.25, 0.3) is 11.4 Å². The number of nitrogens with one attached hydrogen (secondary N) is 2. The average molecular weight is 414 g/mol. The predicted molar refractivity (Wildman–Crippen MR) is 109 cm³/mol. The van der Waals surface area contributed by atoms with Gasteiger partial charge in [-0.15, -0.1) is 0 Å². The SMILES string of the molecule is CCC1CCC2(CC1)NC(=O)N(CC(=O)Nc1nc(-c3ccccc3)ns1)C2=O. The van der Waals surface area contributed by atoms with E-state index in [0.717, 1.165) is 41.3 Å². The molecule has 1 aromatic heterocycles. The van der Waals surface area contributed by atoms with Crippen molar-refractivity contribution in [2.45, 2.75) is 44.6 Å². The van der Waals surface area contributed by atoms with E-state index in [1.165, 1.54) is 0 Å². The lowest BCUT2D eigenvalue weighted by Crippen LogP contribution is -2.49. The van der Waals surface area contributed by atoms with Gasteiger partial charge in [0.15, 0.2) is 5.82 Å². The highest BCUT2D eigenvalue weighted by molar-refractivity contribution is 7.10. The van der Waals surface area contributed by atoms with Crippen LogP contribution in [0.5, 0.6) is 0 Å². The molecule has 2 heterocycles. The molecular weight excluding hydrogens is 390 g/mol. The number of nitrogens with zero attached hydrogens (tertiary/aromatic N) is 3. The number of imide groups is 1. The normalized spacial score (nSPS) is 24.0. The molecule has 0 bridgehead atoms. The summed E-state index contributed by atoms with van der Waals surface area (Å²) >= 11 is 1.06. The number of amides is 4. The summed E-state index contributed by atoms with van der Waals surface area (Å²) in [6.07, 6.45) is 4.17. The van der Waals surface area contributed by atoms with Crippen molar-refractivity contribution in [3.63, 3.8) is 0 Å². The molecule has 1 aliphatic heterocycles. The zero-order valence-corrected chi connectivity index (χ0v) is 17.0. The van der Waals surface area contributed by atoms with E-state index in [1.54, 1.807) is 0 Å². The fourth-order valence-electron chi connectivity index (χ4n) is 4.02. The van der Waals surface area contributed by atoms with Crippen molar-refractivity contribution >= 4 is 34.5 Å². The van der Waals surface area contributed by atoms with Crippen molar-refractivity contribution in [3.05, 3.63) is 30.3 Å². The van der Waals surface area contributed by atoms with Crippen LogP contribution in [-0.4, -0.2) is 44.2 Å². The summed E-state index contributed by atoms with van der Waals surface area (Å²) < 4.78 is 4.24. The second-order valence-electron chi connectivity index (χ2n) is 7.59. The number of urea groups is 1. The molecule has 8 nitrogen and oxygen atoms in total. The molecule has 9 heteroatoms. The fourth-order valence-corrected chi connectivity index (χ4v) is 4.62. The van der Waals surface area contributed by atoms with E-state index in [2.05, 4.69) is 26.9 Å². The van der Waals surface area contributed by atoms with E-state index < -0.39 is 17.5 Å². The Morgan fingerprint density at radius 1 is 1.28 bits per heavy atom. The van der Waals surface area contributed by atoms with Crippen molar-refractivity contribution in [2.24, 2.45) is 5.92 Å². The Morgan fingerprint density at radius 3 is 2.69 bits per heavy atom. The highest BCUT2D eigenvalue weighted by Gasteiger charge is 2.52. The van der Waals surface area contributed by atoms with Crippen LogP contribution in [0.1, 0.15) is 39.0 Å². The van der Waals surface area contributed by atoms with E-state index in [4.69, 9.17) is 0 Å². The quantitative estimate of drug-likeness (QED) is 0.733. The van der Waals surface area contributed by atoms with Crippen molar-refractivity contribution < 1.29 is 14.4 Å². The van der Waals surface area contributed by atoms with Crippen molar-refractivity contribution in [3.8, 4) is 11.4 Å². The first kappa shape index (κ1) is 19.5. The fraction of sp³-hybridized carbons (Fsp3) is 0.450. The summed E-state index contributed by atoms with van der Waals surface area (Å²) in [6, 6.07) is 8.94. The number of carbonyl (C=O) groups excluding carboxylic acids is 3. The van der Waals surface area contributed by atoms with Crippen LogP contribution in [0.15, 0.2) is 30.3 Å². The van der Waals surface area contributed by atoms with Crippen LogP contribution < -0.4 is 10.6 Å². The number of benzene rings is 1. The van der Waals surface area contributed by atoms with E-state index in [0.29, 0.717) is 29.7 Å². The lowest BCUT2D eigenvalue weighted by atomic mass is 9.75. The molecule has 29 heavy (non-hydrogen) atoms. The Balaban J connectivity index is 1.38. The smallest absolute Gasteiger partial charge is 0.323 e. The molecule has 1 saturated carbocycles. The van der Waals surface area contributed by atoms with E-state index in [9.17, 15) is 14.4 Å². The van der Waals surface area contributed by atoms with Gasteiger partial charge in [0.2, 0.25) is 11.0 Å². The first-order valence-electron chi connectivity index (χ1n) is 9.84. The van der Waals surface area contributed by atoms with E-state index in [1.807, 2.05) is 30.3 Å². The Morgan fingerprint density at radius 2 is 2.00 bits per heavy atom. The summed E-state index contributed by atoms with van der Waals surface area (Å²) in [4.78, 5) is 43.0. The number of carbonyl (C=O) groups is 3. The van der Waals surface area contributed by atoms with Crippen molar-refractivity contribution in [2.75, 3.05) is 11.9 Å². The minimum atomic E-state index is -0.841. The standard InChI is InChI=1S/C20H23N5O3S/c1-2-13-8-10-20(11-9-13)17(27)25(19(28)23-20)12-15(26)21-18-22-16(24-29-18)14-6-4-3-5-7-14/h3-7,13H,2,8-12H2,1H3,(H,23,28)(H,21,22,24,26). The molecule has 2 fully saturated rings. The van der Waals surface area contributed by atoms with Crippen LogP contribution in [-0.2, 0) is 9.59 Å². The minimum absolute atomic E-state index is 0.297. The largest absolute Gasteiger partial charge is 0.325 e. The van der Waals surface area contributed by atoms with Gasteiger partial charge in [-0.1, -0.05) is 43.7 Å². The first-order valence-corrected chi connectivity index (χ1v) is 10.6. The van der Waals surface area contributed by atoms with Gasteiger partial charge >= 0.3 is 6.03 Å². The van der Waals surface area contributed by atoms with Crippen molar-refractivity contribution in [1.82, 2.24) is 19.6 Å². The molecule has 1 spiro atoms. The average Bonchev–Trinajstić information content (AvgIpc) is 3.28. The van der Waals surface area contributed by atoms with Gasteiger partial charge in [0, 0.05) is 17.1 Å². The summed E-state index contributed by atoms with van der Waals surface area (Å²) in [6.45, 7) is 1.81. The molecule has 1 saturated heterocycles. The van der Waals surface area contributed by atoms with Gasteiger partial charge in [-0.3, -0.25) is 19.8 Å². The molecule has 1 aromatic carbocycles. The number of aromatic nitrogens is 2. The highest BCUT2D eigenvalue weighted by atomic mass is 32.1. The summed E-state index contributed by atoms with van der Waals surface area (Å²) in [5.74, 6) is 0.351. The molecule has 2 aromatic rings. The molecule has 0 radical (unpaired) electrons. The Labute approximate surface area is 172 Å². The van der Waals surface area contributed by atoms with Gasteiger partial charge in [0.1, 0.15) is 12.1 Å². The molecule has 4 amide bonds. The van der Waals surface area contributed by atoms with Gasteiger partial charge in [-0.25, -0.2) is 4.79 Å². The maximum Gasteiger partial charge on any atom is 0.325 e. The Hall–Kier alpha value is -2.81. The van der Waals surface area contributed by atoms with Crippen molar-refractivity contribution in [1.29, 1.82) is 0 Å². The van der Waals surface area contributed by atoms with Crippen LogP contribution >= 0.6 is 11.5 Å². The molecule has 152 valence electrons. The first-order chi connectivity index (χ1) is 14.0. The van der Waals surface area contributed by atoms with E-state index >= 15 is 0 Å². The second-order valence-corrected chi connectivity index (χ2v) is 8.34. The number of anilines is 1. The highest BCUT2D eigenvalue weighted by Crippen LogP contribution is 2.37. The summed E-state index contributed by atoms with van der Waals surface area (Å²) in [7, 11) is 0. The predicted octanol–water partition coefficient (Wildman–Crippen LogP) is 3.03. The minimum Gasteiger partial charge on any atom is -0.323 e. The number of rotatable bonds is 5. The summed E-state index contributed by atoms with van der Waals surface area (Å²) in [5.41, 5.74) is 0.00895. The van der Waals surface area contributed by atoms with Crippen LogP contribution in [0.4, 0.5) is 9.93 Å². The summed E-state index contributed by atoms with van der Waals surface area (Å²) in [5, 5.41) is 5.81. The third-order valence-electron chi connectivity index (χ3n) is 5.79. The lowest BCUT2D eigenvalue weighted by molar-refractivity contribution is -0.135. The van der Waals surface area contributed by atoms with Gasteiger partial charge in [0.05, 0.1) is 0 Å². The molecule has 2 N–H and O–H groups in total. The number of hydrogen-bond acceptors (Lipinski definition) is 6. The molecule has 1 aliphatic carbocycles. The Kier molecular flexibility index (Phi) is 5.31. The van der Waals surface area contributed by atoms with E-state index in [-0.39, 0.29) is 12.5 Å². The topological polar surface area (TPSA) is 104 Å². The molecule has 4 rings (SSSR count).